The molecule has 2 rings (SSSR count). The van der Waals surface area contributed by atoms with Crippen LogP contribution in [0.5, 0.6) is 11.5 Å². The second-order valence-corrected chi connectivity index (χ2v) is 5.55. The minimum atomic E-state index is -0.832. The molecule has 2 aromatic rings. The number of carbonyl (C=O) groups is 1. The molecule has 0 saturated heterocycles. The van der Waals surface area contributed by atoms with Crippen LogP contribution < -0.4 is 20.1 Å². The highest BCUT2D eigenvalue weighted by Crippen LogP contribution is 2.30. The molecule has 0 spiro atoms. The van der Waals surface area contributed by atoms with E-state index < -0.39 is 15.8 Å². The van der Waals surface area contributed by atoms with Gasteiger partial charge in [0.15, 0.2) is 0 Å². The molecule has 0 bridgehead atoms. The van der Waals surface area contributed by atoms with Crippen molar-refractivity contribution in [2.24, 2.45) is 0 Å². The largest absolute Gasteiger partial charge is 0.495 e. The zero-order valence-electron chi connectivity index (χ0n) is 15.7. The number of hydrogen-bond donors (Lipinski definition) is 2. The van der Waals surface area contributed by atoms with Gasteiger partial charge in [-0.3, -0.25) is 25.0 Å². The quantitative estimate of drug-likeness (QED) is 0.286. The number of nitriles is 1. The second-order valence-electron chi connectivity index (χ2n) is 5.55. The Bertz CT molecular complexity index is 1080. The molecule has 12 heteroatoms. The van der Waals surface area contributed by atoms with E-state index in [2.05, 4.69) is 10.6 Å². The number of nitrogens with one attached hydrogen (secondary N) is 2. The Labute approximate surface area is 169 Å². The van der Waals surface area contributed by atoms with Gasteiger partial charge < -0.3 is 20.1 Å². The Balaban J connectivity index is 2.26. The molecule has 1 amide bonds. The topological polar surface area (TPSA) is 170 Å². The first-order valence-corrected chi connectivity index (χ1v) is 8.13. The van der Waals surface area contributed by atoms with Crippen molar-refractivity contribution in [3.05, 3.63) is 68.4 Å². The summed E-state index contributed by atoms with van der Waals surface area (Å²) in [6, 6.07) is 9.04. The molecular formula is C18H15N5O7. The first kappa shape index (κ1) is 21.6. The van der Waals surface area contributed by atoms with Gasteiger partial charge in [0.2, 0.25) is 0 Å². The smallest absolute Gasteiger partial charge is 0.273 e. The van der Waals surface area contributed by atoms with Crippen molar-refractivity contribution in [3.8, 4) is 17.6 Å². The van der Waals surface area contributed by atoms with Gasteiger partial charge in [-0.15, -0.1) is 0 Å². The van der Waals surface area contributed by atoms with Gasteiger partial charge in [-0.2, -0.15) is 5.26 Å². The molecular weight excluding hydrogens is 398 g/mol. The van der Waals surface area contributed by atoms with Crippen LogP contribution in [0.2, 0.25) is 0 Å². The number of ether oxygens (including phenoxy) is 2. The Morgan fingerprint density at radius 1 is 1.00 bits per heavy atom. The maximum atomic E-state index is 12.4. The average molecular weight is 413 g/mol. The van der Waals surface area contributed by atoms with Crippen LogP contribution in [0, 0.1) is 31.6 Å². The van der Waals surface area contributed by atoms with Crippen molar-refractivity contribution in [2.45, 2.75) is 0 Å². The molecule has 0 aliphatic heterocycles. The van der Waals surface area contributed by atoms with E-state index in [-0.39, 0.29) is 39.8 Å². The van der Waals surface area contributed by atoms with E-state index in [1.54, 1.807) is 6.07 Å². The third-order valence-electron chi connectivity index (χ3n) is 3.78. The number of rotatable bonds is 8. The Morgan fingerprint density at radius 2 is 1.60 bits per heavy atom. The van der Waals surface area contributed by atoms with Crippen LogP contribution in [-0.2, 0) is 4.79 Å². The van der Waals surface area contributed by atoms with Gasteiger partial charge in [0.05, 0.1) is 41.5 Å². The van der Waals surface area contributed by atoms with Crippen molar-refractivity contribution < 1.29 is 24.1 Å². The van der Waals surface area contributed by atoms with E-state index in [0.717, 1.165) is 12.3 Å². The zero-order chi connectivity index (χ0) is 22.3. The van der Waals surface area contributed by atoms with Crippen LogP contribution in [0.4, 0.5) is 22.7 Å². The Kier molecular flexibility index (Phi) is 6.86. The number of benzene rings is 2. The fourth-order valence-corrected chi connectivity index (χ4v) is 2.31. The van der Waals surface area contributed by atoms with Crippen LogP contribution in [0.1, 0.15) is 0 Å². The molecule has 0 unspecified atom stereocenters. The summed E-state index contributed by atoms with van der Waals surface area (Å²) in [5, 5.41) is 36.1. The zero-order valence-corrected chi connectivity index (χ0v) is 15.7. The third kappa shape index (κ3) is 4.98. The number of nitrogens with zero attached hydrogens (tertiary/aromatic N) is 3. The number of amides is 1. The average Bonchev–Trinajstić information content (AvgIpc) is 2.73. The van der Waals surface area contributed by atoms with Gasteiger partial charge in [-0.25, -0.2) is 0 Å². The second kappa shape index (κ2) is 9.51. The molecule has 2 aromatic carbocycles. The van der Waals surface area contributed by atoms with Gasteiger partial charge in [-0.05, 0) is 12.1 Å². The van der Waals surface area contributed by atoms with Gasteiger partial charge in [0.1, 0.15) is 23.1 Å². The van der Waals surface area contributed by atoms with Gasteiger partial charge >= 0.3 is 0 Å². The Hall–Kier alpha value is -4.66. The van der Waals surface area contributed by atoms with E-state index in [4.69, 9.17) is 9.47 Å². The minimum absolute atomic E-state index is 0.0307. The highest BCUT2D eigenvalue weighted by molar-refractivity contribution is 6.07. The van der Waals surface area contributed by atoms with E-state index in [1.165, 1.54) is 44.6 Å². The molecule has 0 aliphatic carbocycles. The first-order chi connectivity index (χ1) is 14.3. The molecule has 0 aliphatic rings. The van der Waals surface area contributed by atoms with Gasteiger partial charge in [0, 0.05) is 24.4 Å². The molecule has 30 heavy (non-hydrogen) atoms. The SMILES string of the molecule is COc1ccc([N+](=O)[O-])cc1N/C=C(/C#N)C(=O)Nc1ccc([N+](=O)[O-])cc1OC. The van der Waals surface area contributed by atoms with Gasteiger partial charge in [-0.1, -0.05) is 0 Å². The third-order valence-corrected chi connectivity index (χ3v) is 3.78. The number of anilines is 2. The standard InChI is InChI=1S/C18H15N5O7/c1-29-16-6-4-12(22(25)26)7-15(16)20-10-11(9-19)18(24)21-14-5-3-13(23(27)28)8-17(14)30-2/h3-8,10,20H,1-2H3,(H,21,24)/b11-10-. The number of nitro groups is 2. The van der Waals surface area contributed by atoms with Crippen molar-refractivity contribution in [3.63, 3.8) is 0 Å². The van der Waals surface area contributed by atoms with E-state index >= 15 is 0 Å². The van der Waals surface area contributed by atoms with E-state index in [1.807, 2.05) is 0 Å². The van der Waals surface area contributed by atoms with Crippen molar-refractivity contribution in [1.29, 1.82) is 5.26 Å². The first-order valence-electron chi connectivity index (χ1n) is 8.13. The highest BCUT2D eigenvalue weighted by atomic mass is 16.6. The molecule has 0 atom stereocenters. The molecule has 154 valence electrons. The molecule has 0 fully saturated rings. The normalized spacial score (nSPS) is 10.5. The minimum Gasteiger partial charge on any atom is -0.495 e. The summed E-state index contributed by atoms with van der Waals surface area (Å²) in [5.74, 6) is -0.545. The molecule has 0 saturated carbocycles. The molecule has 0 radical (unpaired) electrons. The van der Waals surface area contributed by atoms with E-state index in [0.29, 0.717) is 0 Å². The van der Waals surface area contributed by atoms with Crippen LogP contribution in [0.25, 0.3) is 0 Å². The molecule has 0 heterocycles. The predicted molar refractivity (Wildman–Crippen MR) is 105 cm³/mol. The summed E-state index contributed by atoms with van der Waals surface area (Å²) in [6.07, 6.45) is 1.05. The van der Waals surface area contributed by atoms with Crippen molar-refractivity contribution in [2.75, 3.05) is 24.9 Å². The number of carbonyl (C=O) groups excluding carboxylic acids is 1. The summed E-state index contributed by atoms with van der Waals surface area (Å²) in [7, 11) is 2.63. The number of nitro benzene ring substituents is 2. The number of hydrogen-bond acceptors (Lipinski definition) is 9. The fourth-order valence-electron chi connectivity index (χ4n) is 2.31. The summed E-state index contributed by atoms with van der Waals surface area (Å²) in [4.78, 5) is 33.0. The maximum absolute atomic E-state index is 12.4. The predicted octanol–water partition coefficient (Wildman–Crippen LogP) is 2.98. The monoisotopic (exact) mass is 413 g/mol. The van der Waals surface area contributed by atoms with Crippen LogP contribution in [-0.4, -0.2) is 30.0 Å². The number of non-ortho nitro benzene ring substituents is 2. The summed E-state index contributed by atoms with van der Waals surface area (Å²) in [5.41, 5.74) is -0.545. The fraction of sp³-hybridized carbons (Fsp3) is 0.111. The summed E-state index contributed by atoms with van der Waals surface area (Å²) in [6.45, 7) is 0. The van der Waals surface area contributed by atoms with Crippen molar-refractivity contribution >= 4 is 28.7 Å². The summed E-state index contributed by atoms with van der Waals surface area (Å²) < 4.78 is 10.1. The van der Waals surface area contributed by atoms with Gasteiger partial charge in [0.25, 0.3) is 17.3 Å². The maximum Gasteiger partial charge on any atom is 0.273 e. The number of methoxy groups -OCH3 is 2. The lowest BCUT2D eigenvalue weighted by atomic mass is 10.2. The lowest BCUT2D eigenvalue weighted by Crippen LogP contribution is -2.15. The van der Waals surface area contributed by atoms with Crippen LogP contribution >= 0.6 is 0 Å². The molecule has 0 aromatic heterocycles. The summed E-state index contributed by atoms with van der Waals surface area (Å²) >= 11 is 0. The Morgan fingerprint density at radius 3 is 2.17 bits per heavy atom. The van der Waals surface area contributed by atoms with Crippen LogP contribution in [0.15, 0.2) is 48.2 Å². The molecule has 12 nitrogen and oxygen atoms in total. The lowest BCUT2D eigenvalue weighted by Gasteiger charge is -2.10. The molecule has 2 N–H and O–H groups in total. The van der Waals surface area contributed by atoms with Crippen LogP contribution in [0.3, 0.4) is 0 Å². The van der Waals surface area contributed by atoms with E-state index in [9.17, 15) is 30.3 Å². The highest BCUT2D eigenvalue weighted by Gasteiger charge is 2.16. The van der Waals surface area contributed by atoms with Crippen molar-refractivity contribution in [1.82, 2.24) is 0 Å². The lowest BCUT2D eigenvalue weighted by molar-refractivity contribution is -0.385.